The zero-order chi connectivity index (χ0) is 15.1. The van der Waals surface area contributed by atoms with E-state index < -0.39 is 0 Å². The molecule has 0 radical (unpaired) electrons. The highest BCUT2D eigenvalue weighted by atomic mass is 127. The molecule has 0 aliphatic rings. The first-order valence-electron chi connectivity index (χ1n) is 6.25. The minimum atomic E-state index is -0.328. The fourth-order valence-corrected chi connectivity index (χ4v) is 1.99. The molecular weight excluding hydrogens is 383 g/mol. The minimum Gasteiger partial charge on any atom is -0.493 e. The number of benzene rings is 2. The van der Waals surface area contributed by atoms with Crippen LogP contribution in [-0.2, 0) is 0 Å². The Balaban J connectivity index is 1.80. The topological polar surface area (TPSA) is 59.6 Å². The lowest BCUT2D eigenvalue weighted by Gasteiger charge is -2.11. The van der Waals surface area contributed by atoms with E-state index in [1.807, 2.05) is 36.4 Å². The third-order valence-corrected chi connectivity index (χ3v) is 3.35. The first kappa shape index (κ1) is 15.4. The molecule has 2 rings (SSSR count). The summed E-state index contributed by atoms with van der Waals surface area (Å²) in [5.41, 5.74) is 0.727. The summed E-state index contributed by atoms with van der Waals surface area (Å²) in [7, 11) is 1.57. The van der Waals surface area contributed by atoms with Crippen LogP contribution < -0.4 is 20.1 Å². The Morgan fingerprint density at radius 1 is 1.10 bits per heavy atom. The number of anilines is 1. The van der Waals surface area contributed by atoms with Gasteiger partial charge in [-0.25, -0.2) is 4.79 Å². The molecule has 0 bridgehead atoms. The number of urea groups is 1. The van der Waals surface area contributed by atoms with Gasteiger partial charge in [0.2, 0.25) is 0 Å². The maximum Gasteiger partial charge on any atom is 0.321 e. The number of ether oxygens (including phenoxy) is 2. The van der Waals surface area contributed by atoms with Gasteiger partial charge in [0.05, 0.1) is 7.11 Å². The summed E-state index contributed by atoms with van der Waals surface area (Å²) < 4.78 is 11.7. The standard InChI is InChI=1S/C15H15IN2O3/c1-20-13-4-2-3-5-14(13)21-10-17-15(19)18-12-8-6-11(16)7-9-12/h2-9H,10H2,1H3,(H2,17,18,19). The van der Waals surface area contributed by atoms with Crippen LogP contribution in [0, 0.1) is 3.57 Å². The Morgan fingerprint density at radius 3 is 2.43 bits per heavy atom. The van der Waals surface area contributed by atoms with E-state index >= 15 is 0 Å². The molecule has 0 atom stereocenters. The molecule has 2 amide bonds. The maximum atomic E-state index is 11.7. The van der Waals surface area contributed by atoms with Gasteiger partial charge in [0.1, 0.15) is 0 Å². The summed E-state index contributed by atoms with van der Waals surface area (Å²) in [5, 5.41) is 5.34. The van der Waals surface area contributed by atoms with E-state index in [-0.39, 0.29) is 12.8 Å². The second-order valence-electron chi connectivity index (χ2n) is 4.08. The molecule has 110 valence electrons. The van der Waals surface area contributed by atoms with Gasteiger partial charge >= 0.3 is 6.03 Å². The van der Waals surface area contributed by atoms with E-state index in [9.17, 15) is 4.79 Å². The predicted molar refractivity (Wildman–Crippen MR) is 89.8 cm³/mol. The van der Waals surface area contributed by atoms with Crippen LogP contribution in [0.4, 0.5) is 10.5 Å². The normalized spacial score (nSPS) is 9.81. The van der Waals surface area contributed by atoms with E-state index in [0.717, 1.165) is 9.26 Å². The molecule has 2 aromatic carbocycles. The van der Waals surface area contributed by atoms with Crippen molar-refractivity contribution in [3.8, 4) is 11.5 Å². The van der Waals surface area contributed by atoms with Crippen molar-refractivity contribution in [2.75, 3.05) is 19.2 Å². The lowest BCUT2D eigenvalue weighted by atomic mass is 10.3. The van der Waals surface area contributed by atoms with E-state index in [1.165, 1.54) is 0 Å². The number of methoxy groups -OCH3 is 1. The first-order valence-corrected chi connectivity index (χ1v) is 7.33. The van der Waals surface area contributed by atoms with Crippen molar-refractivity contribution in [1.29, 1.82) is 0 Å². The lowest BCUT2D eigenvalue weighted by Crippen LogP contribution is -2.32. The summed E-state index contributed by atoms with van der Waals surface area (Å²) in [6, 6.07) is 14.4. The molecule has 2 aromatic rings. The average molecular weight is 398 g/mol. The molecule has 0 unspecified atom stereocenters. The Kier molecular flexibility index (Phi) is 5.68. The van der Waals surface area contributed by atoms with Gasteiger partial charge in [0, 0.05) is 9.26 Å². The fraction of sp³-hybridized carbons (Fsp3) is 0.133. The Morgan fingerprint density at radius 2 is 1.76 bits per heavy atom. The molecule has 5 nitrogen and oxygen atoms in total. The molecule has 2 N–H and O–H groups in total. The zero-order valence-corrected chi connectivity index (χ0v) is 13.6. The smallest absolute Gasteiger partial charge is 0.321 e. The SMILES string of the molecule is COc1ccccc1OCNC(=O)Nc1ccc(I)cc1. The number of hydrogen-bond donors (Lipinski definition) is 2. The van der Waals surface area contributed by atoms with Crippen LogP contribution in [0.2, 0.25) is 0 Å². The predicted octanol–water partition coefficient (Wildman–Crippen LogP) is 3.46. The largest absolute Gasteiger partial charge is 0.493 e. The highest BCUT2D eigenvalue weighted by Gasteiger charge is 2.04. The van der Waals surface area contributed by atoms with Crippen molar-refractivity contribution < 1.29 is 14.3 Å². The van der Waals surface area contributed by atoms with Crippen LogP contribution in [0.15, 0.2) is 48.5 Å². The van der Waals surface area contributed by atoms with Crippen molar-refractivity contribution in [2.45, 2.75) is 0 Å². The lowest BCUT2D eigenvalue weighted by molar-refractivity contribution is 0.231. The monoisotopic (exact) mass is 398 g/mol. The fourth-order valence-electron chi connectivity index (χ4n) is 1.63. The number of para-hydroxylation sites is 2. The molecule has 0 aliphatic heterocycles. The molecule has 6 heteroatoms. The third-order valence-electron chi connectivity index (χ3n) is 2.63. The summed E-state index contributed by atoms with van der Waals surface area (Å²) in [6.07, 6.45) is 0. The number of hydrogen-bond acceptors (Lipinski definition) is 3. The number of halogens is 1. The van der Waals surface area contributed by atoms with Gasteiger partial charge in [-0.05, 0) is 59.0 Å². The van der Waals surface area contributed by atoms with Gasteiger partial charge in [-0.2, -0.15) is 0 Å². The van der Waals surface area contributed by atoms with Crippen LogP contribution in [0.5, 0.6) is 11.5 Å². The summed E-state index contributed by atoms with van der Waals surface area (Å²) >= 11 is 2.21. The molecule has 0 saturated carbocycles. The highest BCUT2D eigenvalue weighted by Crippen LogP contribution is 2.25. The Bertz CT molecular complexity index is 602. The molecule has 0 aromatic heterocycles. The van der Waals surface area contributed by atoms with E-state index in [2.05, 4.69) is 33.2 Å². The highest BCUT2D eigenvalue weighted by molar-refractivity contribution is 14.1. The number of rotatable bonds is 5. The van der Waals surface area contributed by atoms with Crippen molar-refractivity contribution in [2.24, 2.45) is 0 Å². The van der Waals surface area contributed by atoms with Gasteiger partial charge in [-0.1, -0.05) is 12.1 Å². The van der Waals surface area contributed by atoms with Gasteiger partial charge in [0.25, 0.3) is 0 Å². The molecule has 21 heavy (non-hydrogen) atoms. The van der Waals surface area contributed by atoms with Gasteiger partial charge in [-0.3, -0.25) is 0 Å². The number of carbonyl (C=O) groups excluding carboxylic acids is 1. The van der Waals surface area contributed by atoms with Crippen LogP contribution in [-0.4, -0.2) is 19.9 Å². The number of amides is 2. The number of nitrogens with one attached hydrogen (secondary N) is 2. The van der Waals surface area contributed by atoms with Gasteiger partial charge in [-0.15, -0.1) is 0 Å². The van der Waals surface area contributed by atoms with Crippen molar-refractivity contribution in [1.82, 2.24) is 5.32 Å². The van der Waals surface area contributed by atoms with Crippen LogP contribution >= 0.6 is 22.6 Å². The van der Waals surface area contributed by atoms with Crippen LogP contribution in [0.1, 0.15) is 0 Å². The maximum absolute atomic E-state index is 11.7. The Hall–Kier alpha value is -1.96. The molecule has 0 saturated heterocycles. The summed E-state index contributed by atoms with van der Waals surface area (Å²) in [6.45, 7) is 0.0522. The summed E-state index contributed by atoms with van der Waals surface area (Å²) in [5.74, 6) is 1.20. The molecular formula is C15H15IN2O3. The Labute approximate surface area is 136 Å². The van der Waals surface area contributed by atoms with Crippen LogP contribution in [0.3, 0.4) is 0 Å². The third kappa shape index (κ3) is 4.82. The second-order valence-corrected chi connectivity index (χ2v) is 5.32. The first-order chi connectivity index (χ1) is 10.2. The van der Waals surface area contributed by atoms with Crippen molar-refractivity contribution in [3.63, 3.8) is 0 Å². The van der Waals surface area contributed by atoms with E-state index in [0.29, 0.717) is 11.5 Å². The zero-order valence-electron chi connectivity index (χ0n) is 11.4. The average Bonchev–Trinajstić information content (AvgIpc) is 2.50. The minimum absolute atomic E-state index is 0.0522. The number of carbonyl (C=O) groups is 1. The quantitative estimate of drug-likeness (QED) is 0.599. The molecule has 0 heterocycles. The van der Waals surface area contributed by atoms with Crippen LogP contribution in [0.25, 0.3) is 0 Å². The van der Waals surface area contributed by atoms with Gasteiger partial charge in [0.15, 0.2) is 18.2 Å². The molecule has 0 fully saturated rings. The van der Waals surface area contributed by atoms with Gasteiger partial charge < -0.3 is 20.1 Å². The van der Waals surface area contributed by atoms with Crippen molar-refractivity contribution >= 4 is 34.3 Å². The second kappa shape index (κ2) is 7.72. The summed E-state index contributed by atoms with van der Waals surface area (Å²) in [4.78, 5) is 11.7. The van der Waals surface area contributed by atoms with E-state index in [1.54, 1.807) is 19.2 Å². The molecule has 0 spiro atoms. The molecule has 0 aliphatic carbocycles. The van der Waals surface area contributed by atoms with E-state index in [4.69, 9.17) is 9.47 Å². The van der Waals surface area contributed by atoms with Crippen molar-refractivity contribution in [3.05, 3.63) is 52.1 Å².